The van der Waals surface area contributed by atoms with Crippen molar-refractivity contribution in [1.82, 2.24) is 9.80 Å². The molecule has 1 heterocycles. The minimum absolute atomic E-state index is 0.0247. The summed E-state index contributed by atoms with van der Waals surface area (Å²) in [7, 11) is 0. The molecule has 1 amide bonds. The summed E-state index contributed by atoms with van der Waals surface area (Å²) in [5.41, 5.74) is 0.532. The number of nitrogens with zero attached hydrogens (tertiary/aromatic N) is 2. The van der Waals surface area contributed by atoms with Crippen LogP contribution in [0.15, 0.2) is 24.3 Å². The number of hydrogen-bond acceptors (Lipinski definition) is 3. The van der Waals surface area contributed by atoms with Crippen LogP contribution in [0.25, 0.3) is 0 Å². The summed E-state index contributed by atoms with van der Waals surface area (Å²) < 4.78 is 58.6. The Morgan fingerprint density at radius 2 is 1.73 bits per heavy atom. The van der Waals surface area contributed by atoms with Gasteiger partial charge >= 0.3 is 12.1 Å². The molecule has 0 aromatic heterocycles. The number of halogens is 4. The van der Waals surface area contributed by atoms with Crippen molar-refractivity contribution in [2.75, 3.05) is 26.4 Å². The summed E-state index contributed by atoms with van der Waals surface area (Å²) in [5.74, 6) is -2.30. The van der Waals surface area contributed by atoms with Gasteiger partial charge in [-0.3, -0.25) is 9.69 Å². The molecule has 1 saturated heterocycles. The van der Waals surface area contributed by atoms with Crippen LogP contribution in [0.2, 0.25) is 0 Å². The molecule has 4 nitrogen and oxygen atoms in total. The quantitative estimate of drug-likeness (QED) is 0.621. The van der Waals surface area contributed by atoms with Crippen LogP contribution < -0.4 is 0 Å². The van der Waals surface area contributed by atoms with Crippen molar-refractivity contribution in [2.45, 2.75) is 63.8 Å². The highest BCUT2D eigenvalue weighted by molar-refractivity contribution is 5.82. The summed E-state index contributed by atoms with van der Waals surface area (Å²) in [6.45, 7) is 8.02. The molecule has 168 valence electrons. The number of likely N-dealkylation sites (tertiary alicyclic amines) is 1. The number of rotatable bonds is 6. The summed E-state index contributed by atoms with van der Waals surface area (Å²) in [6.07, 6.45) is -2.96. The Balaban J connectivity index is 1.60. The van der Waals surface area contributed by atoms with Crippen LogP contribution in [0.1, 0.15) is 51.5 Å². The van der Waals surface area contributed by atoms with Crippen molar-refractivity contribution in [3.63, 3.8) is 0 Å². The SMILES string of the molecule is CC(C)(C)OCN1CCC(CN(C(=O)C(F)(F)F)C2CC2c2ccc(F)cc2)CC1. The predicted molar refractivity (Wildman–Crippen MR) is 105 cm³/mol. The first-order chi connectivity index (χ1) is 13.9. The maximum absolute atomic E-state index is 13.2. The summed E-state index contributed by atoms with van der Waals surface area (Å²) in [4.78, 5) is 15.3. The number of carbonyl (C=O) groups is 1. The lowest BCUT2D eigenvalue weighted by Gasteiger charge is -2.36. The van der Waals surface area contributed by atoms with Gasteiger partial charge in [0.25, 0.3) is 0 Å². The molecule has 2 atom stereocenters. The second-order valence-electron chi connectivity index (χ2n) is 9.36. The van der Waals surface area contributed by atoms with Gasteiger partial charge in [0.15, 0.2) is 0 Å². The molecule has 8 heteroatoms. The fourth-order valence-corrected chi connectivity index (χ4v) is 3.99. The molecule has 1 aromatic carbocycles. The van der Waals surface area contributed by atoms with Crippen LogP contribution in [0, 0.1) is 11.7 Å². The Morgan fingerprint density at radius 1 is 1.13 bits per heavy atom. The lowest BCUT2D eigenvalue weighted by molar-refractivity contribution is -0.187. The molecule has 1 aliphatic carbocycles. The van der Waals surface area contributed by atoms with E-state index < -0.39 is 18.1 Å². The molecular formula is C22H30F4N2O2. The first-order valence-electron chi connectivity index (χ1n) is 10.4. The van der Waals surface area contributed by atoms with E-state index in [4.69, 9.17) is 4.74 Å². The van der Waals surface area contributed by atoms with E-state index in [1.54, 1.807) is 12.1 Å². The first kappa shape index (κ1) is 23.0. The largest absolute Gasteiger partial charge is 0.471 e. The van der Waals surface area contributed by atoms with Crippen molar-refractivity contribution in [3.8, 4) is 0 Å². The van der Waals surface area contributed by atoms with Gasteiger partial charge in [0, 0.05) is 31.6 Å². The van der Waals surface area contributed by atoms with Gasteiger partial charge in [-0.25, -0.2) is 4.39 Å². The molecule has 2 aliphatic rings. The van der Waals surface area contributed by atoms with Gasteiger partial charge in [-0.05, 0) is 63.6 Å². The van der Waals surface area contributed by atoms with Crippen LogP contribution >= 0.6 is 0 Å². The number of carbonyl (C=O) groups excluding carboxylic acids is 1. The van der Waals surface area contributed by atoms with Gasteiger partial charge in [-0.15, -0.1) is 0 Å². The average Bonchev–Trinajstić information content (AvgIpc) is 3.44. The zero-order chi connectivity index (χ0) is 22.1. The molecule has 0 bridgehead atoms. The van der Waals surface area contributed by atoms with E-state index in [0.717, 1.165) is 36.4 Å². The highest BCUT2D eigenvalue weighted by atomic mass is 19.4. The number of benzene rings is 1. The third-order valence-electron chi connectivity index (χ3n) is 5.80. The number of ether oxygens (including phenoxy) is 1. The van der Waals surface area contributed by atoms with Crippen LogP contribution in [0.3, 0.4) is 0 Å². The topological polar surface area (TPSA) is 32.8 Å². The van der Waals surface area contributed by atoms with Gasteiger partial charge < -0.3 is 9.64 Å². The Morgan fingerprint density at radius 3 is 2.27 bits per heavy atom. The number of hydrogen-bond donors (Lipinski definition) is 0. The number of piperidine rings is 1. The molecule has 1 saturated carbocycles. The van der Waals surface area contributed by atoms with Crippen molar-refractivity contribution >= 4 is 5.91 Å². The van der Waals surface area contributed by atoms with Crippen molar-refractivity contribution < 1.29 is 27.1 Å². The third kappa shape index (κ3) is 6.17. The van der Waals surface area contributed by atoms with E-state index in [1.807, 2.05) is 20.8 Å². The van der Waals surface area contributed by atoms with Gasteiger partial charge in [0.1, 0.15) is 5.82 Å². The molecule has 0 spiro atoms. The second kappa shape index (κ2) is 8.83. The molecule has 0 N–H and O–H groups in total. The maximum atomic E-state index is 13.2. The van der Waals surface area contributed by atoms with Gasteiger partial charge in [-0.2, -0.15) is 13.2 Å². The second-order valence-corrected chi connectivity index (χ2v) is 9.36. The van der Waals surface area contributed by atoms with Crippen LogP contribution in [-0.2, 0) is 9.53 Å². The Kier molecular flexibility index (Phi) is 6.77. The lowest BCUT2D eigenvalue weighted by Crippen LogP contribution is -2.47. The Bertz CT molecular complexity index is 722. The number of alkyl halides is 3. The predicted octanol–water partition coefficient (Wildman–Crippen LogP) is 4.56. The van der Waals surface area contributed by atoms with Crippen molar-refractivity contribution in [3.05, 3.63) is 35.6 Å². The van der Waals surface area contributed by atoms with Crippen LogP contribution in [0.4, 0.5) is 17.6 Å². The minimum Gasteiger partial charge on any atom is -0.360 e. The van der Waals surface area contributed by atoms with Crippen LogP contribution in [0.5, 0.6) is 0 Å². The zero-order valence-electron chi connectivity index (χ0n) is 17.7. The minimum atomic E-state index is -4.89. The van der Waals surface area contributed by atoms with Crippen LogP contribution in [-0.4, -0.2) is 59.9 Å². The average molecular weight is 430 g/mol. The summed E-state index contributed by atoms with van der Waals surface area (Å²) >= 11 is 0. The Labute approximate surface area is 175 Å². The molecule has 2 fully saturated rings. The van der Waals surface area contributed by atoms with Crippen molar-refractivity contribution in [2.24, 2.45) is 5.92 Å². The molecule has 30 heavy (non-hydrogen) atoms. The molecule has 1 aromatic rings. The number of amides is 1. The maximum Gasteiger partial charge on any atom is 0.471 e. The van der Waals surface area contributed by atoms with E-state index >= 15 is 0 Å². The molecule has 2 unspecified atom stereocenters. The molecule has 3 rings (SSSR count). The van der Waals surface area contributed by atoms with E-state index in [1.165, 1.54) is 12.1 Å². The smallest absolute Gasteiger partial charge is 0.360 e. The third-order valence-corrected chi connectivity index (χ3v) is 5.80. The van der Waals surface area contributed by atoms with Gasteiger partial charge in [0.2, 0.25) is 0 Å². The normalized spacial score (nSPS) is 23.4. The van der Waals surface area contributed by atoms with E-state index in [9.17, 15) is 22.4 Å². The summed E-state index contributed by atoms with van der Waals surface area (Å²) in [5, 5.41) is 0. The van der Waals surface area contributed by atoms with Crippen molar-refractivity contribution in [1.29, 1.82) is 0 Å². The fraction of sp³-hybridized carbons (Fsp3) is 0.682. The Hall–Kier alpha value is -1.67. The van der Waals surface area contributed by atoms with E-state index in [2.05, 4.69) is 4.90 Å². The highest BCUT2D eigenvalue weighted by Gasteiger charge is 2.52. The lowest BCUT2D eigenvalue weighted by atomic mass is 9.96. The molecular weight excluding hydrogens is 400 g/mol. The zero-order valence-corrected chi connectivity index (χ0v) is 17.7. The highest BCUT2D eigenvalue weighted by Crippen LogP contribution is 2.46. The standard InChI is InChI=1S/C22H30F4N2O2/c1-21(2,3)30-14-27-10-8-15(9-11-27)13-28(20(29)22(24,25)26)19-12-18(19)16-4-6-17(23)7-5-16/h4-7,15,18-19H,8-14H2,1-3H3. The van der Waals surface area contributed by atoms with Gasteiger partial charge in [0.05, 0.1) is 12.3 Å². The van der Waals surface area contributed by atoms with E-state index in [-0.39, 0.29) is 29.8 Å². The van der Waals surface area contributed by atoms with Gasteiger partial charge in [-0.1, -0.05) is 12.1 Å². The molecule has 0 radical (unpaired) electrons. The molecule has 1 aliphatic heterocycles. The first-order valence-corrected chi connectivity index (χ1v) is 10.4. The van der Waals surface area contributed by atoms with E-state index in [0.29, 0.717) is 13.2 Å². The summed E-state index contributed by atoms with van der Waals surface area (Å²) in [6, 6.07) is 5.30. The monoisotopic (exact) mass is 430 g/mol. The fourth-order valence-electron chi connectivity index (χ4n) is 3.99.